The van der Waals surface area contributed by atoms with Gasteiger partial charge in [-0.15, -0.1) is 0 Å². The van der Waals surface area contributed by atoms with E-state index >= 15 is 0 Å². The van der Waals surface area contributed by atoms with E-state index in [0.717, 1.165) is 115 Å². The Balaban J connectivity index is 1.26. The molecule has 0 aliphatic carbocycles. The molecule has 0 saturated carbocycles. The topological polar surface area (TPSA) is 80.8 Å². The first-order valence-electron chi connectivity index (χ1n) is 23.0. The lowest BCUT2D eigenvalue weighted by Gasteiger charge is -2.34. The lowest BCUT2D eigenvalue weighted by Crippen LogP contribution is -2.46. The van der Waals surface area contributed by atoms with Gasteiger partial charge in [-0.25, -0.2) is 0 Å². The Labute approximate surface area is 371 Å². The molecule has 5 rings (SSSR count). The molecule has 2 aromatic rings. The first-order valence-corrected chi connectivity index (χ1v) is 23.0. The molecule has 61 heavy (non-hydrogen) atoms. The summed E-state index contributed by atoms with van der Waals surface area (Å²) in [6.45, 7) is 32.5. The van der Waals surface area contributed by atoms with Crippen LogP contribution in [-0.2, 0) is 31.7 Å². The maximum atomic E-state index is 6.36. The van der Waals surface area contributed by atoms with Crippen molar-refractivity contribution in [3.8, 4) is 0 Å². The third-order valence-corrected chi connectivity index (χ3v) is 14.2. The van der Waals surface area contributed by atoms with Crippen molar-refractivity contribution in [2.24, 2.45) is 4.99 Å². The fraction of sp³-hybridized carbons (Fsp3) is 0.723. The van der Waals surface area contributed by atoms with E-state index in [1.54, 1.807) is 0 Å². The zero-order valence-electron chi connectivity index (χ0n) is 40.7. The van der Waals surface area contributed by atoms with Crippen molar-refractivity contribution in [1.82, 2.24) is 34.7 Å². The molecule has 340 valence electrons. The molecule has 14 heteroatoms. The van der Waals surface area contributed by atoms with Crippen molar-refractivity contribution < 1.29 is 18.6 Å². The smallest absolute Gasteiger partial charge is 0.399 e. The maximum Gasteiger partial charge on any atom is 0.494 e. The number of aliphatic imine (C=N–C) groups is 1. The quantitative estimate of drug-likeness (QED) is 0.376. The highest BCUT2D eigenvalue weighted by Gasteiger charge is 2.52. The second-order valence-electron chi connectivity index (χ2n) is 20.1. The minimum atomic E-state index is -0.357. The van der Waals surface area contributed by atoms with Gasteiger partial charge in [0.2, 0.25) is 0 Å². The van der Waals surface area contributed by atoms with Crippen molar-refractivity contribution in [3.05, 3.63) is 59.7 Å². The average Bonchev–Trinajstić information content (AvgIpc) is 3.57. The van der Waals surface area contributed by atoms with E-state index in [-0.39, 0.29) is 36.6 Å². The van der Waals surface area contributed by atoms with Crippen LogP contribution in [-0.4, -0.2) is 192 Å². The molecular formula is C47H82B2N8O4. The van der Waals surface area contributed by atoms with Gasteiger partial charge in [0.05, 0.1) is 28.9 Å². The van der Waals surface area contributed by atoms with Gasteiger partial charge < -0.3 is 38.6 Å². The van der Waals surface area contributed by atoms with E-state index < -0.39 is 0 Å². The van der Waals surface area contributed by atoms with Gasteiger partial charge >= 0.3 is 14.2 Å². The summed E-state index contributed by atoms with van der Waals surface area (Å²) < 4.78 is 25.4. The van der Waals surface area contributed by atoms with Crippen LogP contribution in [0.5, 0.6) is 0 Å². The number of hydrogen-bond donors (Lipinski definition) is 1. The van der Waals surface area contributed by atoms with Crippen LogP contribution in [0.1, 0.15) is 79.9 Å². The summed E-state index contributed by atoms with van der Waals surface area (Å²) in [5, 5.41) is 3.70. The van der Waals surface area contributed by atoms with Crippen molar-refractivity contribution in [2.45, 2.75) is 110 Å². The Hall–Kier alpha value is -2.36. The van der Waals surface area contributed by atoms with Gasteiger partial charge in [-0.3, -0.25) is 19.7 Å². The molecule has 3 saturated heterocycles. The summed E-state index contributed by atoms with van der Waals surface area (Å²) in [7, 11) is 10.3. The minimum absolute atomic E-state index is 0.350. The molecule has 3 aliphatic rings. The third kappa shape index (κ3) is 13.8. The summed E-state index contributed by atoms with van der Waals surface area (Å²) in [5.41, 5.74) is 3.31. The van der Waals surface area contributed by atoms with Crippen LogP contribution in [0, 0.1) is 0 Å². The predicted octanol–water partition coefficient (Wildman–Crippen LogP) is 3.73. The largest absolute Gasteiger partial charge is 0.494 e. The number of nitrogens with zero attached hydrogens (tertiary/aromatic N) is 7. The Bertz CT molecular complexity index is 1650. The SMILES string of the molecule is CCN(C)CC1CCN(Cc2ccc(B3OC(C)(C)C(C)(C)O3)cc2)CCN(C)CC(=NC)NCCN(Cc2ccc(B3OC(C)(C)C(C)(C)O3)cc2)CCN(C)CCN1C. The molecule has 1 atom stereocenters. The number of nitrogens with one attached hydrogen (secondary N) is 1. The third-order valence-electron chi connectivity index (χ3n) is 14.2. The van der Waals surface area contributed by atoms with Gasteiger partial charge in [0.1, 0.15) is 5.84 Å². The van der Waals surface area contributed by atoms with Crippen LogP contribution < -0.4 is 16.2 Å². The summed E-state index contributed by atoms with van der Waals surface area (Å²) in [6, 6.07) is 18.2. The highest BCUT2D eigenvalue weighted by molar-refractivity contribution is 6.62. The number of rotatable bonds is 9. The summed E-state index contributed by atoms with van der Waals surface area (Å²) in [5.74, 6) is 1.03. The van der Waals surface area contributed by atoms with Crippen LogP contribution in [0.15, 0.2) is 53.5 Å². The highest BCUT2D eigenvalue weighted by atomic mass is 16.7. The standard InChI is InChI=1S/C47H82B2N8O4/c1-15-52(11)36-42-24-26-56(34-38-16-20-40(21-17-38)48-58-44(2,3)45(4,5)59-48)33-30-54(13)37-43(50-10)51-25-27-57(32-29-53(12)28-31-55(42)14)35-39-18-22-41(23-19-39)49-60-46(6,7)47(8,9)61-49/h16-23,42H,15,24-37H2,1-14H3,(H,50,51). The normalized spacial score (nSPS) is 25.4. The van der Waals surface area contributed by atoms with Gasteiger partial charge in [-0.1, -0.05) is 55.5 Å². The first kappa shape index (κ1) is 49.7. The molecule has 12 nitrogen and oxygen atoms in total. The number of hydrogen-bond acceptors (Lipinski definition) is 11. The molecule has 1 N–H and O–H groups in total. The van der Waals surface area contributed by atoms with E-state index in [0.29, 0.717) is 6.04 Å². The van der Waals surface area contributed by atoms with E-state index in [4.69, 9.17) is 23.6 Å². The Morgan fingerprint density at radius 3 is 1.54 bits per heavy atom. The predicted molar refractivity (Wildman–Crippen MR) is 255 cm³/mol. The summed E-state index contributed by atoms with van der Waals surface area (Å²) in [4.78, 5) is 19.9. The van der Waals surface area contributed by atoms with Gasteiger partial charge in [-0.05, 0) is 119 Å². The number of benzene rings is 2. The fourth-order valence-electron chi connectivity index (χ4n) is 7.99. The maximum absolute atomic E-state index is 6.36. The van der Waals surface area contributed by atoms with Gasteiger partial charge in [0.15, 0.2) is 0 Å². The molecular weight excluding hydrogens is 762 g/mol. The van der Waals surface area contributed by atoms with Crippen LogP contribution >= 0.6 is 0 Å². The van der Waals surface area contributed by atoms with Crippen LogP contribution in [0.4, 0.5) is 0 Å². The van der Waals surface area contributed by atoms with Crippen molar-refractivity contribution >= 4 is 31.0 Å². The molecule has 1 unspecified atom stereocenters. The first-order chi connectivity index (χ1) is 28.7. The Morgan fingerprint density at radius 2 is 1.08 bits per heavy atom. The number of likely N-dealkylation sites (N-methyl/N-ethyl adjacent to an activating group) is 4. The molecule has 0 amide bonds. The summed E-state index contributed by atoms with van der Waals surface area (Å²) in [6.07, 6.45) is 1.10. The molecule has 3 heterocycles. The van der Waals surface area contributed by atoms with E-state index in [9.17, 15) is 0 Å². The molecule has 0 spiro atoms. The lowest BCUT2D eigenvalue weighted by molar-refractivity contribution is 0.00578. The lowest BCUT2D eigenvalue weighted by atomic mass is 9.79. The Morgan fingerprint density at radius 1 is 0.639 bits per heavy atom. The summed E-state index contributed by atoms with van der Waals surface area (Å²) >= 11 is 0. The number of amidine groups is 1. The van der Waals surface area contributed by atoms with Crippen molar-refractivity contribution in [2.75, 3.05) is 114 Å². The second kappa shape index (κ2) is 21.5. The van der Waals surface area contributed by atoms with Crippen LogP contribution in [0.2, 0.25) is 0 Å². The van der Waals surface area contributed by atoms with Gasteiger partial charge in [0, 0.05) is 91.6 Å². The van der Waals surface area contributed by atoms with E-state index in [1.165, 1.54) is 11.1 Å². The van der Waals surface area contributed by atoms with Crippen LogP contribution in [0.3, 0.4) is 0 Å². The monoisotopic (exact) mass is 845 g/mol. The van der Waals surface area contributed by atoms with Crippen LogP contribution in [0.25, 0.3) is 0 Å². The average molecular weight is 845 g/mol. The molecule has 3 aliphatic heterocycles. The zero-order valence-corrected chi connectivity index (χ0v) is 40.7. The van der Waals surface area contributed by atoms with E-state index in [1.807, 2.05) is 7.05 Å². The van der Waals surface area contributed by atoms with E-state index in [2.05, 4.69) is 174 Å². The molecule has 0 aromatic heterocycles. The molecule has 0 radical (unpaired) electrons. The highest BCUT2D eigenvalue weighted by Crippen LogP contribution is 2.37. The molecule has 3 fully saturated rings. The van der Waals surface area contributed by atoms with Crippen molar-refractivity contribution in [3.63, 3.8) is 0 Å². The van der Waals surface area contributed by atoms with Gasteiger partial charge in [0.25, 0.3) is 0 Å². The fourth-order valence-corrected chi connectivity index (χ4v) is 7.99. The van der Waals surface area contributed by atoms with Crippen molar-refractivity contribution in [1.29, 1.82) is 0 Å². The van der Waals surface area contributed by atoms with Gasteiger partial charge in [-0.2, -0.15) is 0 Å². The molecule has 2 aromatic carbocycles. The second-order valence-corrected chi connectivity index (χ2v) is 20.1. The minimum Gasteiger partial charge on any atom is -0.399 e. The Kier molecular flexibility index (Phi) is 17.5. The molecule has 0 bridgehead atoms. The zero-order chi connectivity index (χ0) is 44.6.